The minimum Gasteiger partial charge on any atom is -0.394 e. The van der Waals surface area contributed by atoms with E-state index in [1.54, 1.807) is 12.2 Å². The summed E-state index contributed by atoms with van der Waals surface area (Å²) >= 11 is 0. The lowest BCUT2D eigenvalue weighted by atomic mass is 9.97. The average molecular weight is 464 g/mol. The molecule has 7 nitrogen and oxygen atoms in total. The van der Waals surface area contributed by atoms with E-state index >= 15 is 0 Å². The van der Waals surface area contributed by atoms with Crippen molar-refractivity contribution in [2.24, 2.45) is 0 Å². The van der Waals surface area contributed by atoms with Crippen molar-refractivity contribution >= 4 is 5.91 Å². The van der Waals surface area contributed by atoms with Gasteiger partial charge in [0.25, 0.3) is 0 Å². The van der Waals surface area contributed by atoms with Crippen LogP contribution in [0.3, 0.4) is 0 Å². The molecule has 186 valence electrons. The summed E-state index contributed by atoms with van der Waals surface area (Å²) in [4.78, 5) is 11.9. The maximum atomic E-state index is 11.9. The van der Waals surface area contributed by atoms with Gasteiger partial charge >= 0.3 is 0 Å². The van der Waals surface area contributed by atoms with Gasteiger partial charge in [-0.2, -0.15) is 0 Å². The van der Waals surface area contributed by atoms with Crippen LogP contribution < -0.4 is 5.32 Å². The maximum absolute atomic E-state index is 11.9. The van der Waals surface area contributed by atoms with E-state index in [1.807, 2.05) is 30.4 Å². The summed E-state index contributed by atoms with van der Waals surface area (Å²) in [6.45, 7) is 1.68. The van der Waals surface area contributed by atoms with E-state index in [9.17, 15) is 20.1 Å². The van der Waals surface area contributed by atoms with Gasteiger partial charge in [-0.05, 0) is 12.8 Å². The SMILES string of the molecule is CCCCCCCCCC=CC=CC=CC=CC=CC(=O)N[C@H]1C(O)O[C@H](CO)[C@@H](O)[C@@H]1O. The van der Waals surface area contributed by atoms with Crippen LogP contribution >= 0.6 is 0 Å². The normalized spacial score (nSPS) is 26.5. The first-order valence-electron chi connectivity index (χ1n) is 12.0. The van der Waals surface area contributed by atoms with E-state index in [0.29, 0.717) is 0 Å². The minimum atomic E-state index is -1.53. The van der Waals surface area contributed by atoms with Crippen LogP contribution in [0.25, 0.3) is 0 Å². The Bertz CT molecular complexity index is 670. The zero-order valence-electron chi connectivity index (χ0n) is 19.6. The fraction of sp³-hybridized carbons (Fsp3) is 0.577. The Balaban J connectivity index is 2.20. The number of hydrogen-bond acceptors (Lipinski definition) is 6. The highest BCUT2D eigenvalue weighted by Crippen LogP contribution is 2.19. The van der Waals surface area contributed by atoms with Gasteiger partial charge in [-0.3, -0.25) is 4.79 Å². The zero-order valence-corrected chi connectivity index (χ0v) is 19.6. The van der Waals surface area contributed by atoms with Gasteiger partial charge in [0.1, 0.15) is 24.4 Å². The summed E-state index contributed by atoms with van der Waals surface area (Å²) < 4.78 is 4.99. The summed E-state index contributed by atoms with van der Waals surface area (Å²) in [5.41, 5.74) is 0. The molecule has 1 aliphatic heterocycles. The first-order valence-corrected chi connectivity index (χ1v) is 12.0. The molecule has 0 radical (unpaired) electrons. The van der Waals surface area contributed by atoms with Crippen LogP contribution in [0.2, 0.25) is 0 Å². The van der Waals surface area contributed by atoms with Crippen molar-refractivity contribution in [3.8, 4) is 0 Å². The van der Waals surface area contributed by atoms with Gasteiger partial charge in [-0.25, -0.2) is 0 Å². The fourth-order valence-electron chi connectivity index (χ4n) is 3.39. The largest absolute Gasteiger partial charge is 0.394 e. The van der Waals surface area contributed by atoms with Gasteiger partial charge in [0.15, 0.2) is 6.29 Å². The summed E-state index contributed by atoms with van der Waals surface area (Å²) in [6, 6.07) is -1.20. The molecular weight excluding hydrogens is 422 g/mol. The lowest BCUT2D eigenvalue weighted by Gasteiger charge is -2.40. The highest BCUT2D eigenvalue weighted by molar-refractivity contribution is 5.88. The van der Waals surface area contributed by atoms with Crippen molar-refractivity contribution in [2.75, 3.05) is 6.61 Å². The molecule has 7 heteroatoms. The van der Waals surface area contributed by atoms with Crippen LogP contribution in [0, 0.1) is 0 Å². The van der Waals surface area contributed by atoms with E-state index in [-0.39, 0.29) is 0 Å². The maximum Gasteiger partial charge on any atom is 0.244 e. The molecule has 0 aromatic heterocycles. The van der Waals surface area contributed by atoms with Gasteiger partial charge in [-0.15, -0.1) is 0 Å². The predicted octanol–water partition coefficient (Wildman–Crippen LogP) is 2.82. The van der Waals surface area contributed by atoms with Gasteiger partial charge in [0.2, 0.25) is 5.91 Å². The second kappa shape index (κ2) is 18.4. The number of carbonyl (C=O) groups excluding carboxylic acids is 1. The molecule has 0 aromatic carbocycles. The van der Waals surface area contributed by atoms with Crippen LogP contribution in [0.5, 0.6) is 0 Å². The third kappa shape index (κ3) is 12.7. The van der Waals surface area contributed by atoms with Gasteiger partial charge < -0.3 is 30.5 Å². The van der Waals surface area contributed by atoms with Crippen LogP contribution in [-0.2, 0) is 9.53 Å². The van der Waals surface area contributed by atoms with Crippen molar-refractivity contribution < 1.29 is 30.0 Å². The Morgan fingerprint density at radius 1 is 0.818 bits per heavy atom. The van der Waals surface area contributed by atoms with E-state index in [2.05, 4.69) is 18.3 Å². The molecule has 0 spiro atoms. The van der Waals surface area contributed by atoms with Gasteiger partial charge in [0.05, 0.1) is 6.61 Å². The summed E-state index contributed by atoms with van der Waals surface area (Å²) in [5, 5.41) is 41.1. The number of aliphatic hydroxyl groups is 4. The second-order valence-corrected chi connectivity index (χ2v) is 8.12. The van der Waals surface area contributed by atoms with Crippen molar-refractivity contribution in [2.45, 2.75) is 88.9 Å². The smallest absolute Gasteiger partial charge is 0.244 e. The number of unbranched alkanes of at least 4 members (excludes halogenated alkanes) is 7. The van der Waals surface area contributed by atoms with Crippen molar-refractivity contribution in [3.05, 3.63) is 60.8 Å². The first-order chi connectivity index (χ1) is 16.0. The fourth-order valence-corrected chi connectivity index (χ4v) is 3.39. The number of nitrogens with one attached hydrogen (secondary N) is 1. The van der Waals surface area contributed by atoms with E-state index in [4.69, 9.17) is 9.84 Å². The third-order valence-electron chi connectivity index (χ3n) is 5.34. The highest BCUT2D eigenvalue weighted by Gasteiger charge is 2.44. The molecule has 0 aromatic rings. The molecule has 0 saturated carbocycles. The molecule has 1 aliphatic rings. The molecule has 1 saturated heterocycles. The number of carbonyl (C=O) groups is 1. The second-order valence-electron chi connectivity index (χ2n) is 8.12. The molecular formula is C26H41NO6. The number of amides is 1. The van der Waals surface area contributed by atoms with E-state index < -0.39 is 43.2 Å². The lowest BCUT2D eigenvalue weighted by molar-refractivity contribution is -0.253. The van der Waals surface area contributed by atoms with Crippen LogP contribution in [0.1, 0.15) is 58.3 Å². The van der Waals surface area contributed by atoms with Crippen LogP contribution in [0.15, 0.2) is 60.8 Å². The van der Waals surface area contributed by atoms with Gasteiger partial charge in [0, 0.05) is 6.08 Å². The Morgan fingerprint density at radius 2 is 1.39 bits per heavy atom. The minimum absolute atomic E-state index is 0.557. The molecule has 1 rings (SSSR count). The first kappa shape index (κ1) is 29.0. The molecule has 5 N–H and O–H groups in total. The van der Waals surface area contributed by atoms with Crippen molar-refractivity contribution in [1.82, 2.24) is 5.32 Å². The molecule has 1 amide bonds. The highest BCUT2D eigenvalue weighted by atomic mass is 16.6. The molecule has 1 unspecified atom stereocenters. The van der Waals surface area contributed by atoms with Crippen molar-refractivity contribution in [3.63, 3.8) is 0 Å². The topological polar surface area (TPSA) is 119 Å². The predicted molar refractivity (Wildman–Crippen MR) is 130 cm³/mol. The molecule has 0 bridgehead atoms. The Kier molecular flexibility index (Phi) is 16.2. The number of hydrogen-bond donors (Lipinski definition) is 5. The third-order valence-corrected chi connectivity index (χ3v) is 5.34. The molecule has 0 aliphatic carbocycles. The summed E-state index contributed by atoms with van der Waals surface area (Å²) in [6.07, 6.45) is 22.9. The van der Waals surface area contributed by atoms with E-state index in [0.717, 1.165) is 6.42 Å². The number of rotatable bonds is 15. The molecule has 33 heavy (non-hydrogen) atoms. The summed E-state index contributed by atoms with van der Waals surface area (Å²) in [5.74, 6) is -0.559. The van der Waals surface area contributed by atoms with Crippen molar-refractivity contribution in [1.29, 1.82) is 0 Å². The standard InChI is InChI=1S/C26H41NO6/c1-2-3-4-5-6-7-8-9-10-11-12-13-14-15-16-17-18-19-22(29)27-23-25(31)24(30)21(20-28)33-26(23)32/h10-19,21,23-26,28,30-32H,2-9,20H2,1H3,(H,27,29)/t21-,23-,24-,25-,26?/m1/s1. The zero-order chi connectivity index (χ0) is 24.3. The Hall–Kier alpha value is -2.03. The van der Waals surface area contributed by atoms with E-state index in [1.165, 1.54) is 57.1 Å². The Labute approximate surface area is 197 Å². The molecule has 1 fully saturated rings. The quantitative estimate of drug-likeness (QED) is 0.145. The lowest BCUT2D eigenvalue weighted by Crippen LogP contribution is -2.64. The van der Waals surface area contributed by atoms with Crippen LogP contribution in [-0.4, -0.2) is 63.6 Å². The number of allylic oxidation sites excluding steroid dienone is 9. The number of ether oxygens (including phenoxy) is 1. The average Bonchev–Trinajstić information content (AvgIpc) is 2.81. The van der Waals surface area contributed by atoms with Gasteiger partial charge in [-0.1, -0.05) is 100 Å². The monoisotopic (exact) mass is 463 g/mol. The number of aliphatic hydroxyl groups excluding tert-OH is 4. The molecule has 5 atom stereocenters. The van der Waals surface area contributed by atoms with Crippen LogP contribution in [0.4, 0.5) is 0 Å². The summed E-state index contributed by atoms with van der Waals surface area (Å²) in [7, 11) is 0. The Morgan fingerprint density at radius 3 is 2.03 bits per heavy atom. The molecule has 1 heterocycles.